The van der Waals surface area contributed by atoms with Crippen LogP contribution < -0.4 is 0 Å². The van der Waals surface area contributed by atoms with Gasteiger partial charge in [-0.25, -0.2) is 0 Å². The molecular weight excluding hydrogens is 222 g/mol. The fourth-order valence-corrected chi connectivity index (χ4v) is 3.10. The highest BCUT2D eigenvalue weighted by Crippen LogP contribution is 2.24. The van der Waals surface area contributed by atoms with E-state index in [1.807, 2.05) is 11.0 Å². The number of aryl methyl sites for hydroxylation is 2. The zero-order valence-corrected chi connectivity index (χ0v) is 11.1. The summed E-state index contributed by atoms with van der Waals surface area (Å²) in [5.74, 6) is 1.01. The third-order valence-corrected chi connectivity index (χ3v) is 4.42. The molecule has 1 amide bonds. The molecule has 0 aromatic heterocycles. The lowest BCUT2D eigenvalue weighted by molar-refractivity contribution is 0.0697. The first-order valence-corrected chi connectivity index (χ1v) is 7.15. The molecule has 2 aliphatic rings. The van der Waals surface area contributed by atoms with Crippen molar-refractivity contribution >= 4 is 5.91 Å². The molecule has 0 unspecified atom stereocenters. The molecule has 0 atom stereocenters. The molecule has 2 heteroatoms. The van der Waals surface area contributed by atoms with Crippen LogP contribution in [0.15, 0.2) is 18.2 Å². The predicted octanol–water partition coefficient (Wildman–Crippen LogP) is 3.05. The van der Waals surface area contributed by atoms with Crippen LogP contribution in [0, 0.1) is 5.92 Å². The molecule has 1 heterocycles. The van der Waals surface area contributed by atoms with Crippen molar-refractivity contribution < 1.29 is 4.79 Å². The van der Waals surface area contributed by atoms with Crippen molar-refractivity contribution in [2.24, 2.45) is 5.92 Å². The summed E-state index contributed by atoms with van der Waals surface area (Å²) < 4.78 is 0. The second-order valence-corrected chi connectivity index (χ2v) is 5.81. The minimum absolute atomic E-state index is 0.233. The molecule has 1 aromatic carbocycles. The van der Waals surface area contributed by atoms with E-state index < -0.39 is 0 Å². The van der Waals surface area contributed by atoms with Gasteiger partial charge >= 0.3 is 0 Å². The molecule has 1 aromatic rings. The van der Waals surface area contributed by atoms with Crippen molar-refractivity contribution in [1.82, 2.24) is 4.90 Å². The molecule has 0 N–H and O–H groups in total. The van der Waals surface area contributed by atoms with Gasteiger partial charge in [0.2, 0.25) is 0 Å². The van der Waals surface area contributed by atoms with Crippen LogP contribution in [0.3, 0.4) is 0 Å². The number of piperidine rings is 1. The molecule has 1 fully saturated rings. The van der Waals surface area contributed by atoms with E-state index in [1.54, 1.807) is 0 Å². The number of hydrogen-bond donors (Lipinski definition) is 0. The normalized spacial score (nSPS) is 19.9. The standard InChI is InChI=1S/C16H21NO/c1-12-7-9-17(10-8-12)16(18)15-6-5-13-3-2-4-14(13)11-15/h5-6,11-12H,2-4,7-10H2,1H3. The van der Waals surface area contributed by atoms with Crippen LogP contribution in [-0.2, 0) is 12.8 Å². The molecule has 3 rings (SSSR count). The SMILES string of the molecule is CC1CCN(C(=O)c2ccc3c(c2)CCC3)CC1. The minimum atomic E-state index is 0.233. The first-order chi connectivity index (χ1) is 8.74. The van der Waals surface area contributed by atoms with Crippen molar-refractivity contribution in [1.29, 1.82) is 0 Å². The minimum Gasteiger partial charge on any atom is -0.339 e. The lowest BCUT2D eigenvalue weighted by Gasteiger charge is -2.30. The van der Waals surface area contributed by atoms with E-state index in [0.717, 1.165) is 43.8 Å². The van der Waals surface area contributed by atoms with Gasteiger partial charge in [-0.15, -0.1) is 0 Å². The summed E-state index contributed by atoms with van der Waals surface area (Å²) in [6.45, 7) is 4.13. The first kappa shape index (κ1) is 11.8. The third-order valence-electron chi connectivity index (χ3n) is 4.42. The highest BCUT2D eigenvalue weighted by atomic mass is 16.2. The van der Waals surface area contributed by atoms with Crippen LogP contribution >= 0.6 is 0 Å². The summed E-state index contributed by atoms with van der Waals surface area (Å²) in [6.07, 6.45) is 5.88. The Morgan fingerprint density at radius 3 is 2.67 bits per heavy atom. The van der Waals surface area contributed by atoms with E-state index in [-0.39, 0.29) is 5.91 Å². The van der Waals surface area contributed by atoms with Crippen LogP contribution in [0.2, 0.25) is 0 Å². The van der Waals surface area contributed by atoms with E-state index >= 15 is 0 Å². The number of hydrogen-bond acceptors (Lipinski definition) is 1. The van der Waals surface area contributed by atoms with Gasteiger partial charge in [0.1, 0.15) is 0 Å². The van der Waals surface area contributed by atoms with Gasteiger partial charge in [0.25, 0.3) is 5.91 Å². The van der Waals surface area contributed by atoms with Gasteiger partial charge in [-0.1, -0.05) is 13.0 Å². The summed E-state index contributed by atoms with van der Waals surface area (Å²) in [6, 6.07) is 6.30. The first-order valence-electron chi connectivity index (χ1n) is 7.15. The van der Waals surface area contributed by atoms with E-state index in [4.69, 9.17) is 0 Å². The number of nitrogens with zero attached hydrogens (tertiary/aromatic N) is 1. The molecule has 0 radical (unpaired) electrons. The molecule has 2 nitrogen and oxygen atoms in total. The van der Waals surface area contributed by atoms with E-state index in [0.29, 0.717) is 0 Å². The van der Waals surface area contributed by atoms with Crippen LogP contribution in [0.1, 0.15) is 47.7 Å². The Bertz CT molecular complexity index is 458. The van der Waals surface area contributed by atoms with Gasteiger partial charge in [-0.2, -0.15) is 0 Å². The van der Waals surface area contributed by atoms with Crippen molar-refractivity contribution in [2.75, 3.05) is 13.1 Å². The Morgan fingerprint density at radius 1 is 1.17 bits per heavy atom. The van der Waals surface area contributed by atoms with E-state index in [9.17, 15) is 4.79 Å². The zero-order valence-electron chi connectivity index (χ0n) is 11.1. The summed E-state index contributed by atoms with van der Waals surface area (Å²) >= 11 is 0. The number of carbonyl (C=O) groups is 1. The number of likely N-dealkylation sites (tertiary alicyclic amines) is 1. The molecule has 18 heavy (non-hydrogen) atoms. The van der Waals surface area contributed by atoms with Crippen molar-refractivity contribution in [2.45, 2.75) is 39.0 Å². The van der Waals surface area contributed by atoms with Crippen molar-refractivity contribution in [3.05, 3.63) is 34.9 Å². The molecule has 0 bridgehead atoms. The zero-order chi connectivity index (χ0) is 12.5. The molecular formula is C16H21NO. The topological polar surface area (TPSA) is 20.3 Å². The highest BCUT2D eigenvalue weighted by molar-refractivity contribution is 5.94. The molecule has 1 aliphatic heterocycles. The highest BCUT2D eigenvalue weighted by Gasteiger charge is 2.22. The van der Waals surface area contributed by atoms with Crippen LogP contribution in [0.4, 0.5) is 0 Å². The number of carbonyl (C=O) groups excluding carboxylic acids is 1. The van der Waals surface area contributed by atoms with Crippen molar-refractivity contribution in [3.63, 3.8) is 0 Å². The lowest BCUT2D eigenvalue weighted by Crippen LogP contribution is -2.37. The van der Waals surface area contributed by atoms with Crippen molar-refractivity contribution in [3.8, 4) is 0 Å². The van der Waals surface area contributed by atoms with Gasteiger partial charge < -0.3 is 4.90 Å². The number of amides is 1. The molecule has 1 saturated heterocycles. The Hall–Kier alpha value is -1.31. The molecule has 0 spiro atoms. The maximum Gasteiger partial charge on any atom is 0.253 e. The third kappa shape index (κ3) is 2.16. The molecule has 0 saturated carbocycles. The van der Waals surface area contributed by atoms with Gasteiger partial charge in [0.05, 0.1) is 0 Å². The van der Waals surface area contributed by atoms with Crippen LogP contribution in [-0.4, -0.2) is 23.9 Å². The fraction of sp³-hybridized carbons (Fsp3) is 0.562. The van der Waals surface area contributed by atoms with Gasteiger partial charge in [0.15, 0.2) is 0 Å². The summed E-state index contributed by atoms with van der Waals surface area (Å²) in [7, 11) is 0. The summed E-state index contributed by atoms with van der Waals surface area (Å²) in [5.41, 5.74) is 3.73. The maximum absolute atomic E-state index is 12.4. The lowest BCUT2D eigenvalue weighted by atomic mass is 9.98. The smallest absolute Gasteiger partial charge is 0.253 e. The van der Waals surface area contributed by atoms with E-state index in [2.05, 4.69) is 19.1 Å². The number of benzene rings is 1. The van der Waals surface area contributed by atoms with E-state index in [1.165, 1.54) is 24.0 Å². The monoisotopic (exact) mass is 243 g/mol. The van der Waals surface area contributed by atoms with Crippen LogP contribution in [0.5, 0.6) is 0 Å². The number of rotatable bonds is 1. The Kier molecular flexibility index (Phi) is 3.11. The Labute approximate surface area is 109 Å². The summed E-state index contributed by atoms with van der Waals surface area (Å²) in [4.78, 5) is 14.5. The quantitative estimate of drug-likeness (QED) is 0.742. The summed E-state index contributed by atoms with van der Waals surface area (Å²) in [5, 5.41) is 0. The largest absolute Gasteiger partial charge is 0.339 e. The Morgan fingerprint density at radius 2 is 1.89 bits per heavy atom. The molecule has 96 valence electrons. The fourth-order valence-electron chi connectivity index (χ4n) is 3.10. The van der Waals surface area contributed by atoms with Gasteiger partial charge in [0, 0.05) is 18.7 Å². The van der Waals surface area contributed by atoms with Crippen LogP contribution in [0.25, 0.3) is 0 Å². The predicted molar refractivity (Wildman–Crippen MR) is 72.8 cm³/mol. The molecule has 1 aliphatic carbocycles. The number of fused-ring (bicyclic) bond motifs is 1. The maximum atomic E-state index is 12.4. The second-order valence-electron chi connectivity index (χ2n) is 5.81. The average Bonchev–Trinajstić information content (AvgIpc) is 2.86. The van der Waals surface area contributed by atoms with Gasteiger partial charge in [-0.05, 0) is 61.3 Å². The Balaban J connectivity index is 1.76. The second kappa shape index (κ2) is 4.75. The van der Waals surface area contributed by atoms with Gasteiger partial charge in [-0.3, -0.25) is 4.79 Å². The average molecular weight is 243 g/mol.